The van der Waals surface area contributed by atoms with E-state index in [0.717, 1.165) is 49.6 Å². The maximum Gasteiger partial charge on any atom is 0.306 e. The quantitative estimate of drug-likeness (QED) is 0.0362. The van der Waals surface area contributed by atoms with Crippen molar-refractivity contribution < 1.29 is 9.53 Å². The summed E-state index contributed by atoms with van der Waals surface area (Å²) in [7, 11) is 0. The number of thioether (sulfide) groups is 1. The molecule has 0 saturated carbocycles. The van der Waals surface area contributed by atoms with Gasteiger partial charge in [0.1, 0.15) is 0 Å². The second-order valence-electron chi connectivity index (χ2n) is 11.8. The van der Waals surface area contributed by atoms with Gasteiger partial charge in [-0.25, -0.2) is 0 Å². The minimum absolute atomic E-state index is 0.0419. The smallest absolute Gasteiger partial charge is 0.306 e. The topological polar surface area (TPSA) is 64.7 Å². The summed E-state index contributed by atoms with van der Waals surface area (Å²) < 4.78 is 5.41. The fourth-order valence-corrected chi connectivity index (χ4v) is 5.93. The van der Waals surface area contributed by atoms with Crippen molar-refractivity contribution in [3.05, 3.63) is 0 Å². The Morgan fingerprint density at radius 3 is 1.45 bits per heavy atom. The minimum Gasteiger partial charge on any atom is -0.466 e. The van der Waals surface area contributed by atoms with Crippen molar-refractivity contribution in [3.63, 3.8) is 0 Å². The van der Waals surface area contributed by atoms with E-state index in [2.05, 4.69) is 18.8 Å². The van der Waals surface area contributed by atoms with Crippen molar-refractivity contribution in [2.75, 3.05) is 24.7 Å². The number of carbonyl (C=O) groups excluding carboxylic acids is 1. The molecule has 0 aliphatic heterocycles. The first-order valence-corrected chi connectivity index (χ1v) is 18.9. The molecule has 0 aliphatic rings. The molecule has 5 heteroatoms. The second-order valence-corrected chi connectivity index (χ2v) is 13.1. The number of hydrogen-bond acceptors (Lipinski definition) is 4. The van der Waals surface area contributed by atoms with E-state index in [9.17, 15) is 4.79 Å². The lowest BCUT2D eigenvalue weighted by molar-refractivity contribution is -0.143. The third-order valence-electron chi connectivity index (χ3n) is 7.76. The molecule has 0 aromatic rings. The number of ether oxygens (including phenoxy) is 1. The van der Waals surface area contributed by atoms with Crippen LogP contribution in [0.2, 0.25) is 0 Å². The molecular formula is C35H70N2O2S. The van der Waals surface area contributed by atoms with Crippen molar-refractivity contribution >= 4 is 23.6 Å². The Bertz CT molecular complexity index is 541. The molecule has 2 N–H and O–H groups in total. The van der Waals surface area contributed by atoms with Crippen LogP contribution in [0.5, 0.6) is 0 Å². The van der Waals surface area contributed by atoms with Gasteiger partial charge in [0.2, 0.25) is 0 Å². The molecule has 0 spiro atoms. The van der Waals surface area contributed by atoms with E-state index in [1.165, 1.54) is 141 Å². The van der Waals surface area contributed by atoms with Crippen LogP contribution in [0.15, 0.2) is 4.99 Å². The van der Waals surface area contributed by atoms with Crippen molar-refractivity contribution in [2.24, 2.45) is 10.7 Å². The van der Waals surface area contributed by atoms with Gasteiger partial charge in [-0.15, -0.1) is 0 Å². The summed E-state index contributed by atoms with van der Waals surface area (Å²) in [5.74, 6) is 2.62. The standard InChI is InChI=1S/C35H70N2O2S/c1-3-5-7-9-11-13-15-16-17-18-20-22-24-26-31-39-35(38)29-33-40-32-27-28-34(36)37-30-25-23-21-19-14-12-10-8-6-4-2/h3-33H2,1-2H3,(H2,36,37). The highest BCUT2D eigenvalue weighted by Gasteiger charge is 2.03. The molecule has 0 bridgehead atoms. The van der Waals surface area contributed by atoms with Crippen LogP contribution in [0, 0.1) is 0 Å². The third-order valence-corrected chi connectivity index (χ3v) is 8.83. The van der Waals surface area contributed by atoms with E-state index in [0.29, 0.717) is 13.0 Å². The van der Waals surface area contributed by atoms with Gasteiger partial charge >= 0.3 is 5.97 Å². The van der Waals surface area contributed by atoms with E-state index in [1.807, 2.05) is 11.8 Å². The zero-order valence-corrected chi connectivity index (χ0v) is 28.0. The SMILES string of the molecule is CCCCCCCCCCCCCCCCOC(=O)CCSCCCC(N)=NCCCCCCCCCCCC. The molecule has 0 fully saturated rings. The molecule has 0 aromatic heterocycles. The van der Waals surface area contributed by atoms with Crippen molar-refractivity contribution in [1.29, 1.82) is 0 Å². The monoisotopic (exact) mass is 583 g/mol. The number of unbranched alkanes of at least 4 members (excludes halogenated alkanes) is 22. The van der Waals surface area contributed by atoms with Gasteiger partial charge in [-0.3, -0.25) is 9.79 Å². The molecule has 4 nitrogen and oxygen atoms in total. The Morgan fingerprint density at radius 2 is 0.975 bits per heavy atom. The van der Waals surface area contributed by atoms with Crippen LogP contribution in [0.25, 0.3) is 0 Å². The molecule has 0 aliphatic carbocycles. The lowest BCUT2D eigenvalue weighted by atomic mass is 10.0. The highest BCUT2D eigenvalue weighted by molar-refractivity contribution is 7.99. The lowest BCUT2D eigenvalue weighted by Crippen LogP contribution is -2.12. The lowest BCUT2D eigenvalue weighted by Gasteiger charge is -2.06. The van der Waals surface area contributed by atoms with Gasteiger partial charge in [0.15, 0.2) is 0 Å². The number of carbonyl (C=O) groups is 1. The van der Waals surface area contributed by atoms with Crippen LogP contribution in [0.3, 0.4) is 0 Å². The molecule has 0 amide bonds. The van der Waals surface area contributed by atoms with Gasteiger partial charge in [-0.05, 0) is 25.0 Å². The summed E-state index contributed by atoms with van der Waals surface area (Å²) in [6, 6.07) is 0. The average Bonchev–Trinajstić information content (AvgIpc) is 2.95. The van der Waals surface area contributed by atoms with Gasteiger partial charge in [-0.1, -0.05) is 155 Å². The van der Waals surface area contributed by atoms with Crippen LogP contribution >= 0.6 is 11.8 Å². The Hall–Kier alpha value is -0.710. The molecule has 0 rings (SSSR count). The molecule has 238 valence electrons. The summed E-state index contributed by atoms with van der Waals surface area (Å²) in [5, 5.41) is 0. The largest absolute Gasteiger partial charge is 0.466 e. The molecule has 0 unspecified atom stereocenters. The highest BCUT2D eigenvalue weighted by atomic mass is 32.2. The van der Waals surface area contributed by atoms with Gasteiger partial charge in [0.25, 0.3) is 0 Å². The van der Waals surface area contributed by atoms with Gasteiger partial charge in [-0.2, -0.15) is 11.8 Å². The van der Waals surface area contributed by atoms with Crippen LogP contribution in [-0.4, -0.2) is 36.5 Å². The number of aliphatic imine (C=N–C) groups is 1. The zero-order valence-electron chi connectivity index (χ0n) is 27.2. The van der Waals surface area contributed by atoms with Crippen LogP contribution in [-0.2, 0) is 9.53 Å². The zero-order chi connectivity index (χ0) is 29.2. The first-order chi connectivity index (χ1) is 19.7. The van der Waals surface area contributed by atoms with Crippen molar-refractivity contribution in [2.45, 2.75) is 187 Å². The van der Waals surface area contributed by atoms with E-state index in [-0.39, 0.29) is 5.97 Å². The number of nitrogens with two attached hydrogens (primary N) is 1. The van der Waals surface area contributed by atoms with E-state index in [1.54, 1.807) is 0 Å². The maximum absolute atomic E-state index is 11.9. The van der Waals surface area contributed by atoms with Crippen LogP contribution in [0.4, 0.5) is 0 Å². The first kappa shape index (κ1) is 39.3. The van der Waals surface area contributed by atoms with Crippen molar-refractivity contribution in [1.82, 2.24) is 0 Å². The third kappa shape index (κ3) is 33.5. The number of amidine groups is 1. The molecule has 0 atom stereocenters. The summed E-state index contributed by atoms with van der Waals surface area (Å²) in [4.78, 5) is 16.5. The van der Waals surface area contributed by atoms with Crippen LogP contribution < -0.4 is 5.73 Å². The van der Waals surface area contributed by atoms with Gasteiger partial charge in [0.05, 0.1) is 18.9 Å². The number of esters is 1. The van der Waals surface area contributed by atoms with E-state index >= 15 is 0 Å². The Labute approximate surface area is 255 Å². The fourth-order valence-electron chi connectivity index (χ4n) is 5.07. The molecule has 40 heavy (non-hydrogen) atoms. The second kappa shape index (κ2) is 34.5. The molecule has 0 radical (unpaired) electrons. The van der Waals surface area contributed by atoms with E-state index < -0.39 is 0 Å². The normalized spacial score (nSPS) is 11.8. The predicted molar refractivity (Wildman–Crippen MR) is 181 cm³/mol. The number of nitrogens with zero attached hydrogens (tertiary/aromatic N) is 1. The summed E-state index contributed by atoms with van der Waals surface area (Å²) in [6.45, 7) is 6.02. The van der Waals surface area contributed by atoms with Gasteiger partial charge < -0.3 is 10.5 Å². The Morgan fingerprint density at radius 1 is 0.550 bits per heavy atom. The number of rotatable bonds is 33. The molecular weight excluding hydrogens is 512 g/mol. The minimum atomic E-state index is -0.0419. The Balaban J connectivity index is 3.31. The fraction of sp³-hybridized carbons (Fsp3) is 0.943. The molecule has 0 heterocycles. The summed E-state index contributed by atoms with van der Waals surface area (Å²) in [5.41, 5.74) is 6.07. The van der Waals surface area contributed by atoms with Crippen molar-refractivity contribution in [3.8, 4) is 0 Å². The van der Waals surface area contributed by atoms with E-state index in [4.69, 9.17) is 10.5 Å². The van der Waals surface area contributed by atoms with Gasteiger partial charge in [0, 0.05) is 18.7 Å². The summed E-state index contributed by atoms with van der Waals surface area (Å²) >= 11 is 1.82. The average molecular weight is 583 g/mol. The van der Waals surface area contributed by atoms with Crippen LogP contribution in [0.1, 0.15) is 187 Å². The Kier molecular flexibility index (Phi) is 33.9. The number of hydrogen-bond donors (Lipinski definition) is 1. The molecule has 0 saturated heterocycles. The first-order valence-electron chi connectivity index (χ1n) is 17.7. The highest BCUT2D eigenvalue weighted by Crippen LogP contribution is 2.14. The maximum atomic E-state index is 11.9. The summed E-state index contributed by atoms with van der Waals surface area (Å²) in [6.07, 6.45) is 34.8. The predicted octanol–water partition coefficient (Wildman–Crippen LogP) is 11.2. The molecule has 0 aromatic carbocycles.